The van der Waals surface area contributed by atoms with E-state index in [1.54, 1.807) is 0 Å². The summed E-state index contributed by atoms with van der Waals surface area (Å²) in [6.45, 7) is 1.16. The quantitative estimate of drug-likeness (QED) is 0.352. The Labute approximate surface area is 196 Å². The van der Waals surface area contributed by atoms with Gasteiger partial charge >= 0.3 is 5.97 Å². The molecule has 11 heteroatoms. The minimum absolute atomic E-state index is 0.0958. The van der Waals surface area contributed by atoms with Gasteiger partial charge in [0.25, 0.3) is 0 Å². The van der Waals surface area contributed by atoms with Crippen molar-refractivity contribution in [2.24, 2.45) is 5.92 Å². The maximum absolute atomic E-state index is 14.1. The number of carbonyl (C=O) groups excluding carboxylic acids is 1. The zero-order valence-electron chi connectivity index (χ0n) is 17.4. The Hall–Kier alpha value is -2.18. The molecule has 174 valence electrons. The Morgan fingerprint density at radius 2 is 1.94 bits per heavy atom. The highest BCUT2D eigenvalue weighted by Gasteiger charge is 2.29. The van der Waals surface area contributed by atoms with Crippen LogP contribution in [-0.2, 0) is 9.59 Å². The molecule has 1 aromatic carbocycles. The third-order valence-electron chi connectivity index (χ3n) is 5.84. The average Bonchev–Trinajstić information content (AvgIpc) is 3.25. The SMILES string of the molecule is C[C@@H](c1cn(C(CC(=O)O)C(=O)COc2c(F)c(F)cc(I)c2F)nn1)C1CCCCC1. The fraction of sp³-hybridized carbons (Fsp3) is 0.524. The first-order valence-corrected chi connectivity index (χ1v) is 11.4. The number of ketones is 1. The molecule has 1 heterocycles. The van der Waals surface area contributed by atoms with Gasteiger partial charge in [0, 0.05) is 12.1 Å². The first kappa shape index (κ1) is 24.5. The number of carboxylic acids is 1. The molecule has 0 aliphatic heterocycles. The van der Waals surface area contributed by atoms with Crippen LogP contribution in [0.3, 0.4) is 0 Å². The molecular weight excluding hydrogens is 542 g/mol. The molecule has 0 saturated heterocycles. The molecule has 1 fully saturated rings. The topological polar surface area (TPSA) is 94.3 Å². The lowest BCUT2D eigenvalue weighted by atomic mass is 9.80. The summed E-state index contributed by atoms with van der Waals surface area (Å²) >= 11 is 1.47. The number of halogens is 4. The number of nitrogens with zero attached hydrogens (tertiary/aromatic N) is 3. The summed E-state index contributed by atoms with van der Waals surface area (Å²) in [5.41, 5.74) is 0.651. The van der Waals surface area contributed by atoms with Gasteiger partial charge in [0.05, 0.1) is 15.7 Å². The van der Waals surface area contributed by atoms with Gasteiger partial charge in [0.15, 0.2) is 23.2 Å². The van der Waals surface area contributed by atoms with E-state index in [-0.39, 0.29) is 9.49 Å². The van der Waals surface area contributed by atoms with Gasteiger partial charge in [-0.1, -0.05) is 31.4 Å². The van der Waals surface area contributed by atoms with Gasteiger partial charge in [-0.2, -0.15) is 4.39 Å². The second-order valence-electron chi connectivity index (χ2n) is 7.98. The second kappa shape index (κ2) is 10.6. The second-order valence-corrected chi connectivity index (χ2v) is 9.14. The molecule has 1 aliphatic rings. The van der Waals surface area contributed by atoms with Crippen molar-refractivity contribution in [1.82, 2.24) is 15.0 Å². The number of aromatic nitrogens is 3. The fourth-order valence-electron chi connectivity index (χ4n) is 3.96. The summed E-state index contributed by atoms with van der Waals surface area (Å²) < 4.78 is 47.5. The monoisotopic (exact) mass is 565 g/mol. The Morgan fingerprint density at radius 1 is 1.25 bits per heavy atom. The maximum atomic E-state index is 14.1. The zero-order chi connectivity index (χ0) is 23.4. The summed E-state index contributed by atoms with van der Waals surface area (Å²) in [7, 11) is 0. The fourth-order valence-corrected chi connectivity index (χ4v) is 4.48. The zero-order valence-corrected chi connectivity index (χ0v) is 19.5. The lowest BCUT2D eigenvalue weighted by Crippen LogP contribution is -2.28. The van der Waals surface area contributed by atoms with E-state index >= 15 is 0 Å². The largest absolute Gasteiger partial charge is 0.481 e. The van der Waals surface area contributed by atoms with Gasteiger partial charge in [-0.3, -0.25) is 9.59 Å². The van der Waals surface area contributed by atoms with Crippen molar-refractivity contribution in [2.45, 2.75) is 57.4 Å². The lowest BCUT2D eigenvalue weighted by molar-refractivity contribution is -0.140. The van der Waals surface area contributed by atoms with Gasteiger partial charge < -0.3 is 9.84 Å². The van der Waals surface area contributed by atoms with Crippen molar-refractivity contribution in [1.29, 1.82) is 0 Å². The molecule has 7 nitrogen and oxygen atoms in total. The number of benzene rings is 1. The standard InChI is InChI=1S/C21H23F3IN3O4/c1-11(12-5-3-2-4-6-12)15-9-28(27-26-15)16(8-18(30)31)17(29)10-32-21-19(23)13(22)7-14(25)20(21)24/h7,9,11-12,16H,2-6,8,10H2,1H3,(H,30,31)/t11-,16?/m1/s1. The highest BCUT2D eigenvalue weighted by atomic mass is 127. The normalized spacial score (nSPS) is 16.5. The molecule has 0 spiro atoms. The number of aliphatic carboxylic acids is 1. The highest BCUT2D eigenvalue weighted by molar-refractivity contribution is 14.1. The Bertz CT molecular complexity index is 969. The van der Waals surface area contributed by atoms with Crippen LogP contribution >= 0.6 is 22.6 Å². The molecule has 32 heavy (non-hydrogen) atoms. The van der Waals surface area contributed by atoms with E-state index in [0.29, 0.717) is 17.7 Å². The predicted octanol–water partition coefficient (Wildman–Crippen LogP) is 4.65. The molecule has 3 rings (SSSR count). The minimum Gasteiger partial charge on any atom is -0.481 e. The lowest BCUT2D eigenvalue weighted by Gasteiger charge is -2.26. The molecule has 1 unspecified atom stereocenters. The molecule has 1 saturated carbocycles. The van der Waals surface area contributed by atoms with Crippen LogP contribution in [0.1, 0.15) is 63.1 Å². The summed E-state index contributed by atoms with van der Waals surface area (Å²) in [6, 6.07) is -0.622. The van der Waals surface area contributed by atoms with Crippen LogP contribution in [0.25, 0.3) is 0 Å². The molecule has 2 atom stereocenters. The first-order valence-electron chi connectivity index (χ1n) is 10.3. The Morgan fingerprint density at radius 3 is 2.59 bits per heavy atom. The highest BCUT2D eigenvalue weighted by Crippen LogP contribution is 2.35. The van der Waals surface area contributed by atoms with Gasteiger partial charge in [-0.05, 0) is 47.4 Å². The molecule has 1 aliphatic carbocycles. The van der Waals surface area contributed by atoms with Crippen molar-refractivity contribution in [2.75, 3.05) is 6.61 Å². The van der Waals surface area contributed by atoms with Crippen molar-refractivity contribution in [3.63, 3.8) is 0 Å². The van der Waals surface area contributed by atoms with Crippen molar-refractivity contribution < 1.29 is 32.6 Å². The summed E-state index contributed by atoms with van der Waals surface area (Å²) in [6.07, 6.45) is 6.56. The molecule has 0 bridgehead atoms. The molecule has 0 radical (unpaired) electrons. The summed E-state index contributed by atoms with van der Waals surface area (Å²) in [5.74, 6) is -6.57. The van der Waals surface area contributed by atoms with E-state index < -0.39 is 54.0 Å². The van der Waals surface area contributed by atoms with Gasteiger partial charge in [0.1, 0.15) is 12.6 Å². The Kier molecular flexibility index (Phi) is 8.12. The number of carbonyl (C=O) groups is 2. The molecule has 0 amide bonds. The van der Waals surface area contributed by atoms with Crippen molar-refractivity contribution in [3.05, 3.63) is 39.0 Å². The Balaban J connectivity index is 1.76. The molecule has 1 N–H and O–H groups in total. The van der Waals surface area contributed by atoms with E-state index in [0.717, 1.165) is 30.4 Å². The van der Waals surface area contributed by atoms with Gasteiger partial charge in [-0.15, -0.1) is 5.10 Å². The van der Waals surface area contributed by atoms with E-state index in [1.807, 2.05) is 6.92 Å². The predicted molar refractivity (Wildman–Crippen MR) is 116 cm³/mol. The molecule has 2 aromatic rings. The van der Waals surface area contributed by atoms with Crippen LogP contribution < -0.4 is 4.74 Å². The molecular formula is C21H23F3IN3O4. The van der Waals surface area contributed by atoms with Crippen molar-refractivity contribution in [3.8, 4) is 5.75 Å². The van der Waals surface area contributed by atoms with Crippen molar-refractivity contribution >= 4 is 34.3 Å². The maximum Gasteiger partial charge on any atom is 0.305 e. The minimum atomic E-state index is -1.56. The van der Waals surface area contributed by atoms with Crippen LogP contribution in [0.2, 0.25) is 0 Å². The van der Waals surface area contributed by atoms with Crippen LogP contribution in [0.5, 0.6) is 5.75 Å². The summed E-state index contributed by atoms with van der Waals surface area (Å²) in [4.78, 5) is 24.0. The van der Waals surface area contributed by atoms with Crippen LogP contribution in [-0.4, -0.2) is 38.5 Å². The van der Waals surface area contributed by atoms with E-state index in [9.17, 15) is 27.9 Å². The number of rotatable bonds is 9. The van der Waals surface area contributed by atoms with E-state index in [1.165, 1.54) is 35.2 Å². The van der Waals surface area contributed by atoms with Gasteiger partial charge in [0.2, 0.25) is 5.82 Å². The average molecular weight is 565 g/mol. The third kappa shape index (κ3) is 5.59. The van der Waals surface area contributed by atoms with E-state index in [2.05, 4.69) is 10.3 Å². The number of hydrogen-bond donors (Lipinski definition) is 1. The number of hydrogen-bond acceptors (Lipinski definition) is 5. The van der Waals surface area contributed by atoms with Gasteiger partial charge in [-0.25, -0.2) is 13.5 Å². The third-order valence-corrected chi connectivity index (χ3v) is 6.63. The summed E-state index contributed by atoms with van der Waals surface area (Å²) in [5, 5.41) is 17.3. The molecule has 1 aromatic heterocycles. The first-order chi connectivity index (χ1) is 15.2. The van der Waals surface area contributed by atoms with Crippen LogP contribution in [0.4, 0.5) is 13.2 Å². The number of ether oxygens (including phenoxy) is 1. The smallest absolute Gasteiger partial charge is 0.305 e. The van der Waals surface area contributed by atoms with Crippen LogP contribution in [0.15, 0.2) is 12.3 Å². The number of carboxylic acid groups (broad SMARTS) is 1. The van der Waals surface area contributed by atoms with E-state index in [4.69, 9.17) is 4.74 Å². The number of Topliss-reactive ketones (excluding diaryl/α,β-unsaturated/α-hetero) is 1. The van der Waals surface area contributed by atoms with Crippen LogP contribution in [0, 0.1) is 26.9 Å².